The normalized spacial score (nSPS) is 21.9. The minimum atomic E-state index is -3.41. The van der Waals surface area contributed by atoms with Crippen LogP contribution in [0.5, 0.6) is 0 Å². The van der Waals surface area contributed by atoms with E-state index in [0.717, 1.165) is 19.5 Å². The summed E-state index contributed by atoms with van der Waals surface area (Å²) >= 11 is 0. The monoisotopic (exact) mass is 272 g/mol. The van der Waals surface area contributed by atoms with Crippen LogP contribution in [0.3, 0.4) is 0 Å². The molecule has 1 atom stereocenters. The molecule has 0 saturated carbocycles. The van der Waals surface area contributed by atoms with Gasteiger partial charge in [0, 0.05) is 20.1 Å². The quantitative estimate of drug-likeness (QED) is 0.855. The van der Waals surface area contributed by atoms with Crippen molar-refractivity contribution in [1.29, 1.82) is 0 Å². The van der Waals surface area contributed by atoms with Gasteiger partial charge < -0.3 is 4.90 Å². The number of hydrogen-bond acceptors (Lipinski definition) is 4. The summed E-state index contributed by atoms with van der Waals surface area (Å²) in [6.07, 6.45) is 2.43. The SMILES string of the molecule is Cc1[nH]ncc1S(=O)(=O)N(C)CC1CCN(C)C1. The number of hydrogen-bond donors (Lipinski definition) is 1. The average molecular weight is 272 g/mol. The highest BCUT2D eigenvalue weighted by Crippen LogP contribution is 2.21. The molecule has 2 heterocycles. The highest BCUT2D eigenvalue weighted by Gasteiger charge is 2.28. The summed E-state index contributed by atoms with van der Waals surface area (Å²) < 4.78 is 26.1. The predicted molar refractivity (Wildman–Crippen MR) is 68.7 cm³/mol. The van der Waals surface area contributed by atoms with Gasteiger partial charge in [-0.2, -0.15) is 5.10 Å². The first kappa shape index (κ1) is 13.5. The van der Waals surface area contributed by atoms with Crippen molar-refractivity contribution in [2.24, 2.45) is 5.92 Å². The molecule has 1 unspecified atom stereocenters. The first-order valence-electron chi connectivity index (χ1n) is 6.06. The fourth-order valence-corrected chi connectivity index (χ4v) is 3.77. The van der Waals surface area contributed by atoms with Crippen LogP contribution in [-0.4, -0.2) is 61.5 Å². The summed E-state index contributed by atoms with van der Waals surface area (Å²) in [7, 11) is 0.293. The van der Waals surface area contributed by atoms with Gasteiger partial charge in [0.25, 0.3) is 0 Å². The van der Waals surface area contributed by atoms with Gasteiger partial charge in [0.1, 0.15) is 4.90 Å². The Labute approximate surface area is 108 Å². The lowest BCUT2D eigenvalue weighted by Crippen LogP contribution is -2.33. The summed E-state index contributed by atoms with van der Waals surface area (Å²) in [4.78, 5) is 2.50. The molecule has 102 valence electrons. The predicted octanol–water partition coefficient (Wildman–Crippen LogP) is 0.290. The van der Waals surface area contributed by atoms with Crippen molar-refractivity contribution < 1.29 is 8.42 Å². The molecule has 1 aromatic rings. The summed E-state index contributed by atoms with van der Waals surface area (Å²) in [5.41, 5.74) is 0.588. The van der Waals surface area contributed by atoms with E-state index in [1.54, 1.807) is 14.0 Å². The molecule has 6 nitrogen and oxygen atoms in total. The van der Waals surface area contributed by atoms with Crippen LogP contribution < -0.4 is 0 Å². The second-order valence-corrected chi connectivity index (χ2v) is 7.08. The smallest absolute Gasteiger partial charge is 0.246 e. The molecule has 0 radical (unpaired) electrons. The third-order valence-electron chi connectivity index (χ3n) is 3.48. The molecule has 0 aromatic carbocycles. The van der Waals surface area contributed by atoms with Gasteiger partial charge in [-0.25, -0.2) is 12.7 Å². The van der Waals surface area contributed by atoms with E-state index in [9.17, 15) is 8.42 Å². The van der Waals surface area contributed by atoms with Crippen LogP contribution in [0.15, 0.2) is 11.1 Å². The molecule has 0 spiro atoms. The van der Waals surface area contributed by atoms with Gasteiger partial charge in [-0.1, -0.05) is 0 Å². The van der Waals surface area contributed by atoms with Gasteiger partial charge in [-0.3, -0.25) is 5.10 Å². The lowest BCUT2D eigenvalue weighted by Gasteiger charge is -2.20. The van der Waals surface area contributed by atoms with Crippen molar-refractivity contribution in [3.8, 4) is 0 Å². The van der Waals surface area contributed by atoms with Crippen LogP contribution in [-0.2, 0) is 10.0 Å². The van der Waals surface area contributed by atoms with Crippen LogP contribution in [0, 0.1) is 12.8 Å². The van der Waals surface area contributed by atoms with E-state index in [2.05, 4.69) is 22.1 Å². The molecule has 0 aliphatic carbocycles. The first-order valence-corrected chi connectivity index (χ1v) is 7.50. The Morgan fingerprint density at radius 1 is 1.61 bits per heavy atom. The molecule has 7 heteroatoms. The van der Waals surface area contributed by atoms with Gasteiger partial charge in [0.05, 0.1) is 11.9 Å². The Morgan fingerprint density at radius 2 is 2.33 bits per heavy atom. The van der Waals surface area contributed by atoms with Gasteiger partial charge in [0.15, 0.2) is 0 Å². The number of H-pyrrole nitrogens is 1. The molecule has 1 aliphatic heterocycles. The van der Waals surface area contributed by atoms with E-state index in [4.69, 9.17) is 0 Å². The van der Waals surface area contributed by atoms with E-state index >= 15 is 0 Å². The van der Waals surface area contributed by atoms with E-state index in [1.165, 1.54) is 10.5 Å². The molecule has 1 N–H and O–H groups in total. The average Bonchev–Trinajstić information content (AvgIpc) is 2.87. The maximum Gasteiger partial charge on any atom is 0.246 e. The number of nitrogens with one attached hydrogen (secondary N) is 1. The molecular formula is C11H20N4O2S. The number of aryl methyl sites for hydroxylation is 1. The minimum absolute atomic E-state index is 0.274. The number of aromatic nitrogens is 2. The second-order valence-electron chi connectivity index (χ2n) is 5.06. The summed E-state index contributed by atoms with van der Waals surface area (Å²) in [6, 6.07) is 0. The molecular weight excluding hydrogens is 252 g/mol. The number of rotatable bonds is 4. The molecule has 0 bridgehead atoms. The maximum absolute atomic E-state index is 12.3. The van der Waals surface area contributed by atoms with Crippen LogP contribution in [0.2, 0.25) is 0 Å². The molecule has 2 rings (SSSR count). The van der Waals surface area contributed by atoms with E-state index in [1.807, 2.05) is 0 Å². The largest absolute Gasteiger partial charge is 0.306 e. The van der Waals surface area contributed by atoms with Crippen molar-refractivity contribution in [3.63, 3.8) is 0 Å². The Hall–Kier alpha value is -0.920. The molecule has 1 saturated heterocycles. The Balaban J connectivity index is 2.09. The topological polar surface area (TPSA) is 69.3 Å². The fourth-order valence-electron chi connectivity index (χ4n) is 2.40. The van der Waals surface area contributed by atoms with Crippen molar-refractivity contribution in [2.45, 2.75) is 18.2 Å². The van der Waals surface area contributed by atoms with E-state index in [-0.39, 0.29) is 4.90 Å². The Kier molecular flexibility index (Phi) is 3.74. The molecule has 0 amide bonds. The second kappa shape index (κ2) is 4.99. The molecule has 18 heavy (non-hydrogen) atoms. The summed E-state index contributed by atoms with van der Waals surface area (Å²) in [6.45, 7) is 4.29. The number of nitrogens with zero attached hydrogens (tertiary/aromatic N) is 3. The van der Waals surface area contributed by atoms with Crippen LogP contribution in [0.1, 0.15) is 12.1 Å². The zero-order valence-electron chi connectivity index (χ0n) is 11.0. The number of sulfonamides is 1. The van der Waals surface area contributed by atoms with Gasteiger partial charge in [-0.15, -0.1) is 0 Å². The third-order valence-corrected chi connectivity index (χ3v) is 5.41. The van der Waals surface area contributed by atoms with E-state index in [0.29, 0.717) is 18.2 Å². The molecule has 1 aromatic heterocycles. The Bertz CT molecular complexity index is 511. The van der Waals surface area contributed by atoms with Gasteiger partial charge >= 0.3 is 0 Å². The van der Waals surface area contributed by atoms with Crippen LogP contribution >= 0.6 is 0 Å². The Morgan fingerprint density at radius 3 is 2.83 bits per heavy atom. The molecule has 1 aliphatic rings. The van der Waals surface area contributed by atoms with Crippen molar-refractivity contribution in [3.05, 3.63) is 11.9 Å². The number of aromatic amines is 1. The number of likely N-dealkylation sites (tertiary alicyclic amines) is 1. The summed E-state index contributed by atoms with van der Waals surface area (Å²) in [5, 5.41) is 6.44. The van der Waals surface area contributed by atoms with Crippen LogP contribution in [0.25, 0.3) is 0 Å². The lowest BCUT2D eigenvalue weighted by molar-refractivity contribution is 0.356. The highest BCUT2D eigenvalue weighted by atomic mass is 32.2. The summed E-state index contributed by atoms with van der Waals surface area (Å²) in [5.74, 6) is 0.419. The van der Waals surface area contributed by atoms with Crippen LogP contribution in [0.4, 0.5) is 0 Å². The zero-order chi connectivity index (χ0) is 13.3. The minimum Gasteiger partial charge on any atom is -0.306 e. The molecule has 1 fully saturated rings. The first-order chi connectivity index (χ1) is 8.41. The maximum atomic E-state index is 12.3. The van der Waals surface area contributed by atoms with Crippen molar-refractivity contribution >= 4 is 10.0 Å². The van der Waals surface area contributed by atoms with Crippen molar-refractivity contribution in [1.82, 2.24) is 19.4 Å². The zero-order valence-corrected chi connectivity index (χ0v) is 11.9. The third kappa shape index (κ3) is 2.57. The highest BCUT2D eigenvalue weighted by molar-refractivity contribution is 7.89. The van der Waals surface area contributed by atoms with Gasteiger partial charge in [-0.05, 0) is 32.9 Å². The van der Waals surface area contributed by atoms with E-state index < -0.39 is 10.0 Å². The van der Waals surface area contributed by atoms with Gasteiger partial charge in [0.2, 0.25) is 10.0 Å². The van der Waals surface area contributed by atoms with Crippen molar-refractivity contribution in [2.75, 3.05) is 33.7 Å². The lowest BCUT2D eigenvalue weighted by atomic mass is 10.1. The fraction of sp³-hybridized carbons (Fsp3) is 0.727. The standard InChI is InChI=1S/C11H20N4O2S/c1-9-11(6-12-13-9)18(16,17)15(3)8-10-4-5-14(2)7-10/h6,10H,4-5,7-8H2,1-3H3,(H,12,13).